The SMILES string of the molecule is O=C(C[NH+]1CC[C@H]2CCCC[C@@H]2C1)Nc1ccc(N2CCCC2=O)cc1. The maximum atomic E-state index is 12.4. The Hall–Kier alpha value is -1.88. The predicted octanol–water partition coefficient (Wildman–Crippen LogP) is 1.85. The average molecular weight is 356 g/mol. The molecule has 0 spiro atoms. The van der Waals surface area contributed by atoms with Crippen molar-refractivity contribution in [3.05, 3.63) is 24.3 Å². The molecule has 2 heterocycles. The van der Waals surface area contributed by atoms with Crippen molar-refractivity contribution in [3.8, 4) is 0 Å². The van der Waals surface area contributed by atoms with Gasteiger partial charge in [0.05, 0.1) is 13.1 Å². The van der Waals surface area contributed by atoms with E-state index in [2.05, 4.69) is 5.32 Å². The van der Waals surface area contributed by atoms with Crippen molar-refractivity contribution in [2.45, 2.75) is 44.9 Å². The van der Waals surface area contributed by atoms with Gasteiger partial charge >= 0.3 is 0 Å². The first-order valence-electron chi connectivity index (χ1n) is 10.2. The van der Waals surface area contributed by atoms with Crippen molar-refractivity contribution >= 4 is 23.2 Å². The molecule has 5 heteroatoms. The molecule has 4 rings (SSSR count). The summed E-state index contributed by atoms with van der Waals surface area (Å²) in [6, 6.07) is 7.67. The highest BCUT2D eigenvalue weighted by Gasteiger charge is 2.34. The molecule has 1 aromatic carbocycles. The van der Waals surface area contributed by atoms with Crippen LogP contribution in [0.3, 0.4) is 0 Å². The highest BCUT2D eigenvalue weighted by Crippen LogP contribution is 2.32. The number of nitrogens with one attached hydrogen (secondary N) is 2. The lowest BCUT2D eigenvalue weighted by Crippen LogP contribution is -3.15. The Morgan fingerprint density at radius 1 is 1.08 bits per heavy atom. The first-order chi connectivity index (χ1) is 12.7. The van der Waals surface area contributed by atoms with Crippen LogP contribution in [0.4, 0.5) is 11.4 Å². The molecule has 2 aliphatic heterocycles. The summed E-state index contributed by atoms with van der Waals surface area (Å²) in [7, 11) is 0. The van der Waals surface area contributed by atoms with E-state index in [-0.39, 0.29) is 11.8 Å². The molecule has 2 N–H and O–H groups in total. The van der Waals surface area contributed by atoms with Gasteiger partial charge in [-0.3, -0.25) is 9.59 Å². The first kappa shape index (κ1) is 17.5. The summed E-state index contributed by atoms with van der Waals surface area (Å²) < 4.78 is 0. The lowest BCUT2D eigenvalue weighted by molar-refractivity contribution is -0.902. The third-order valence-electron chi connectivity index (χ3n) is 6.43. The fourth-order valence-electron chi connectivity index (χ4n) is 5.03. The Morgan fingerprint density at radius 2 is 1.85 bits per heavy atom. The summed E-state index contributed by atoms with van der Waals surface area (Å²) in [5, 5.41) is 3.03. The summed E-state index contributed by atoms with van der Waals surface area (Å²) in [5.74, 6) is 2.03. The molecule has 26 heavy (non-hydrogen) atoms. The summed E-state index contributed by atoms with van der Waals surface area (Å²) in [5.41, 5.74) is 1.74. The van der Waals surface area contributed by atoms with Crippen molar-refractivity contribution < 1.29 is 14.5 Å². The van der Waals surface area contributed by atoms with Gasteiger partial charge in [0.1, 0.15) is 0 Å². The summed E-state index contributed by atoms with van der Waals surface area (Å²) in [4.78, 5) is 27.5. The van der Waals surface area contributed by atoms with E-state index in [0.717, 1.165) is 49.3 Å². The van der Waals surface area contributed by atoms with Gasteiger partial charge in [0, 0.05) is 30.3 Å². The van der Waals surface area contributed by atoms with E-state index in [1.54, 1.807) is 0 Å². The van der Waals surface area contributed by atoms with Crippen molar-refractivity contribution in [3.63, 3.8) is 0 Å². The lowest BCUT2D eigenvalue weighted by Gasteiger charge is -2.38. The molecular weight excluding hydrogens is 326 g/mol. The fourth-order valence-corrected chi connectivity index (χ4v) is 5.03. The number of hydrogen-bond donors (Lipinski definition) is 2. The maximum absolute atomic E-state index is 12.4. The fraction of sp³-hybridized carbons (Fsp3) is 0.619. The quantitative estimate of drug-likeness (QED) is 0.865. The van der Waals surface area contributed by atoms with E-state index in [1.807, 2.05) is 29.2 Å². The number of nitrogens with zero attached hydrogens (tertiary/aromatic N) is 1. The summed E-state index contributed by atoms with van der Waals surface area (Å²) >= 11 is 0. The van der Waals surface area contributed by atoms with Crippen LogP contribution in [-0.2, 0) is 9.59 Å². The molecule has 3 atom stereocenters. The molecule has 1 unspecified atom stereocenters. The molecule has 1 aromatic rings. The zero-order valence-corrected chi connectivity index (χ0v) is 15.5. The van der Waals surface area contributed by atoms with Gasteiger partial charge in [-0.2, -0.15) is 0 Å². The van der Waals surface area contributed by atoms with Gasteiger partial charge in [0.2, 0.25) is 5.91 Å². The number of likely N-dealkylation sites (tertiary alicyclic amines) is 1. The zero-order chi connectivity index (χ0) is 17.9. The normalized spacial score (nSPS) is 28.7. The average Bonchev–Trinajstić information content (AvgIpc) is 3.08. The second-order valence-electron chi connectivity index (χ2n) is 8.22. The standard InChI is InChI=1S/C21H29N3O2/c25-20(15-23-13-11-16-4-1-2-5-17(16)14-23)22-18-7-9-19(10-8-18)24-12-3-6-21(24)26/h7-10,16-17H,1-6,11-15H2,(H,22,25)/p+1/t16-,17-/m1/s1. The number of fused-ring (bicyclic) bond motifs is 1. The topological polar surface area (TPSA) is 53.9 Å². The number of benzene rings is 1. The van der Waals surface area contributed by atoms with Crippen LogP contribution >= 0.6 is 0 Å². The minimum Gasteiger partial charge on any atom is -0.327 e. The van der Waals surface area contributed by atoms with E-state index < -0.39 is 0 Å². The molecule has 0 aromatic heterocycles. The van der Waals surface area contributed by atoms with Gasteiger partial charge in [-0.15, -0.1) is 0 Å². The van der Waals surface area contributed by atoms with Crippen molar-refractivity contribution in [1.29, 1.82) is 0 Å². The molecule has 2 amide bonds. The number of rotatable bonds is 4. The molecule has 1 aliphatic carbocycles. The van der Waals surface area contributed by atoms with Crippen LogP contribution in [0.25, 0.3) is 0 Å². The Labute approximate surface area is 155 Å². The lowest BCUT2D eigenvalue weighted by atomic mass is 9.75. The van der Waals surface area contributed by atoms with E-state index >= 15 is 0 Å². The molecule has 0 bridgehead atoms. The molecule has 0 radical (unpaired) electrons. The highest BCUT2D eigenvalue weighted by atomic mass is 16.2. The number of quaternary nitrogens is 1. The van der Waals surface area contributed by atoms with E-state index in [4.69, 9.17) is 0 Å². The van der Waals surface area contributed by atoms with Crippen LogP contribution in [0.5, 0.6) is 0 Å². The van der Waals surface area contributed by atoms with Gasteiger partial charge in [0.25, 0.3) is 5.91 Å². The van der Waals surface area contributed by atoms with Crippen LogP contribution in [-0.4, -0.2) is 38.0 Å². The van der Waals surface area contributed by atoms with Crippen LogP contribution < -0.4 is 15.1 Å². The van der Waals surface area contributed by atoms with Crippen molar-refractivity contribution in [2.75, 3.05) is 36.4 Å². The van der Waals surface area contributed by atoms with Gasteiger partial charge in [-0.05, 0) is 55.9 Å². The Bertz CT molecular complexity index is 658. The number of hydrogen-bond acceptors (Lipinski definition) is 2. The molecule has 5 nitrogen and oxygen atoms in total. The minimum absolute atomic E-state index is 0.0965. The molecule has 2 saturated heterocycles. The Kier molecular flexibility index (Phi) is 5.25. The molecule has 3 fully saturated rings. The Morgan fingerprint density at radius 3 is 2.58 bits per heavy atom. The number of amides is 2. The molecule has 140 valence electrons. The number of piperidine rings is 1. The van der Waals surface area contributed by atoms with Gasteiger partial charge in [-0.25, -0.2) is 0 Å². The van der Waals surface area contributed by atoms with Crippen molar-refractivity contribution in [1.82, 2.24) is 0 Å². The summed E-state index contributed by atoms with van der Waals surface area (Å²) in [6.07, 6.45) is 8.37. The van der Waals surface area contributed by atoms with Gasteiger partial charge < -0.3 is 15.1 Å². The number of carbonyl (C=O) groups excluding carboxylic acids is 2. The van der Waals surface area contributed by atoms with Gasteiger partial charge in [0.15, 0.2) is 6.54 Å². The van der Waals surface area contributed by atoms with Crippen LogP contribution in [0.2, 0.25) is 0 Å². The van der Waals surface area contributed by atoms with Crippen molar-refractivity contribution in [2.24, 2.45) is 11.8 Å². The van der Waals surface area contributed by atoms with Crippen LogP contribution in [0.1, 0.15) is 44.9 Å². The van der Waals surface area contributed by atoms with E-state index in [1.165, 1.54) is 37.0 Å². The smallest absolute Gasteiger partial charge is 0.279 e. The first-order valence-corrected chi connectivity index (χ1v) is 10.2. The van der Waals surface area contributed by atoms with Crippen LogP contribution in [0.15, 0.2) is 24.3 Å². The number of carbonyl (C=O) groups is 2. The van der Waals surface area contributed by atoms with Crippen LogP contribution in [0, 0.1) is 11.8 Å². The third-order valence-corrected chi connectivity index (χ3v) is 6.43. The van der Waals surface area contributed by atoms with Gasteiger partial charge in [-0.1, -0.05) is 12.8 Å². The van der Waals surface area contributed by atoms with E-state index in [0.29, 0.717) is 13.0 Å². The predicted molar refractivity (Wildman–Crippen MR) is 102 cm³/mol. The Balaban J connectivity index is 1.28. The molecule has 3 aliphatic rings. The van der Waals surface area contributed by atoms with E-state index in [9.17, 15) is 9.59 Å². The zero-order valence-electron chi connectivity index (χ0n) is 15.5. The largest absolute Gasteiger partial charge is 0.327 e. The molecule has 1 saturated carbocycles. The second kappa shape index (κ2) is 7.78. The monoisotopic (exact) mass is 356 g/mol. The third kappa shape index (κ3) is 3.93. The maximum Gasteiger partial charge on any atom is 0.279 e. The molecular formula is C21H30N3O2+. The minimum atomic E-state index is 0.0965. The second-order valence-corrected chi connectivity index (χ2v) is 8.22. The summed E-state index contributed by atoms with van der Waals surface area (Å²) in [6.45, 7) is 3.65. The number of anilines is 2. The highest BCUT2D eigenvalue weighted by molar-refractivity contribution is 5.96.